The number of fused-ring (bicyclic) bond motifs is 1. The van der Waals surface area contributed by atoms with E-state index in [9.17, 15) is 4.79 Å². The van der Waals surface area contributed by atoms with Crippen molar-refractivity contribution in [3.05, 3.63) is 70.9 Å². The van der Waals surface area contributed by atoms with E-state index in [1.165, 1.54) is 5.56 Å². The molecule has 1 atom stereocenters. The number of aryl methyl sites for hydroxylation is 1. The number of anilines is 2. The highest BCUT2D eigenvalue weighted by Gasteiger charge is 2.24. The number of hydrogen-bond donors (Lipinski definition) is 3. The Bertz CT molecular complexity index is 719. The van der Waals surface area contributed by atoms with Gasteiger partial charge in [0.15, 0.2) is 0 Å². The SMILES string of the molecule is Cc1ccc(C2Nc3ccccc3NC(CN)=C2C=O)cc1. The third-order valence-electron chi connectivity index (χ3n) is 3.91. The first kappa shape index (κ1) is 14.4. The van der Waals surface area contributed by atoms with Crippen LogP contribution in [0.2, 0.25) is 0 Å². The molecule has 2 aromatic rings. The van der Waals surface area contributed by atoms with Crippen LogP contribution in [0.4, 0.5) is 11.4 Å². The van der Waals surface area contributed by atoms with Gasteiger partial charge in [-0.3, -0.25) is 4.79 Å². The number of benzene rings is 2. The summed E-state index contributed by atoms with van der Waals surface area (Å²) in [6.45, 7) is 2.33. The Hall–Kier alpha value is -2.59. The minimum atomic E-state index is -0.215. The third kappa shape index (κ3) is 2.61. The Balaban J connectivity index is 2.12. The summed E-state index contributed by atoms with van der Waals surface area (Å²) in [5, 5.41) is 6.74. The van der Waals surface area contributed by atoms with Crippen LogP contribution in [-0.2, 0) is 4.79 Å². The van der Waals surface area contributed by atoms with Gasteiger partial charge in [-0.1, -0.05) is 42.0 Å². The molecule has 4 nitrogen and oxygen atoms in total. The van der Waals surface area contributed by atoms with Crippen LogP contribution in [0.3, 0.4) is 0 Å². The van der Waals surface area contributed by atoms with Crippen LogP contribution in [0.5, 0.6) is 0 Å². The molecule has 1 heterocycles. The van der Waals surface area contributed by atoms with Gasteiger partial charge in [0.1, 0.15) is 6.29 Å². The largest absolute Gasteiger partial charge is 0.372 e. The summed E-state index contributed by atoms with van der Waals surface area (Å²) in [5.74, 6) is 0. The minimum Gasteiger partial charge on any atom is -0.372 e. The second-order valence-corrected chi connectivity index (χ2v) is 5.41. The van der Waals surface area contributed by atoms with E-state index in [-0.39, 0.29) is 12.6 Å². The van der Waals surface area contributed by atoms with Crippen molar-refractivity contribution in [1.82, 2.24) is 0 Å². The highest BCUT2D eigenvalue weighted by molar-refractivity contribution is 5.84. The lowest BCUT2D eigenvalue weighted by molar-refractivity contribution is -0.105. The molecule has 4 heteroatoms. The lowest BCUT2D eigenvalue weighted by Crippen LogP contribution is -2.19. The number of carbonyl (C=O) groups excluding carboxylic acids is 1. The van der Waals surface area contributed by atoms with Gasteiger partial charge in [0, 0.05) is 17.8 Å². The molecule has 1 aliphatic heterocycles. The molecule has 0 spiro atoms. The highest BCUT2D eigenvalue weighted by Crippen LogP contribution is 2.35. The van der Waals surface area contributed by atoms with Gasteiger partial charge in [-0.05, 0) is 24.6 Å². The number of nitrogens with two attached hydrogens (primary N) is 1. The standard InChI is InChI=1S/C18H19N3O/c1-12-6-8-13(9-7-12)18-14(11-22)17(10-19)20-15-4-2-3-5-16(15)21-18/h2-9,11,18,20-21H,10,19H2,1H3. The van der Waals surface area contributed by atoms with Crippen molar-refractivity contribution in [3.8, 4) is 0 Å². The first-order valence-corrected chi connectivity index (χ1v) is 7.30. The monoisotopic (exact) mass is 293 g/mol. The minimum absolute atomic E-state index is 0.215. The van der Waals surface area contributed by atoms with Crippen molar-refractivity contribution in [2.75, 3.05) is 17.2 Å². The molecule has 2 aromatic carbocycles. The van der Waals surface area contributed by atoms with Gasteiger partial charge in [-0.25, -0.2) is 0 Å². The summed E-state index contributed by atoms with van der Waals surface area (Å²) in [7, 11) is 0. The highest BCUT2D eigenvalue weighted by atomic mass is 16.1. The molecular formula is C18H19N3O. The van der Waals surface area contributed by atoms with E-state index in [1.807, 2.05) is 55.5 Å². The molecule has 0 bridgehead atoms. The number of nitrogens with one attached hydrogen (secondary N) is 2. The number of para-hydroxylation sites is 2. The molecule has 1 unspecified atom stereocenters. The van der Waals surface area contributed by atoms with E-state index >= 15 is 0 Å². The molecule has 3 rings (SSSR count). The zero-order valence-electron chi connectivity index (χ0n) is 12.5. The fourth-order valence-electron chi connectivity index (χ4n) is 2.69. The van der Waals surface area contributed by atoms with Crippen LogP contribution >= 0.6 is 0 Å². The van der Waals surface area contributed by atoms with Gasteiger partial charge in [-0.2, -0.15) is 0 Å². The number of aldehydes is 1. The van der Waals surface area contributed by atoms with Crippen molar-refractivity contribution < 1.29 is 4.79 Å². The summed E-state index contributed by atoms with van der Waals surface area (Å²) >= 11 is 0. The third-order valence-corrected chi connectivity index (χ3v) is 3.91. The Morgan fingerprint density at radius 3 is 2.41 bits per heavy atom. The maximum Gasteiger partial charge on any atom is 0.150 e. The predicted octanol–water partition coefficient (Wildman–Crippen LogP) is 2.99. The zero-order valence-corrected chi connectivity index (χ0v) is 12.5. The molecule has 0 saturated heterocycles. The molecule has 22 heavy (non-hydrogen) atoms. The summed E-state index contributed by atoms with van der Waals surface area (Å²) in [5.41, 5.74) is 11.4. The van der Waals surface area contributed by atoms with Gasteiger partial charge in [0.2, 0.25) is 0 Å². The number of hydrogen-bond acceptors (Lipinski definition) is 4. The molecule has 0 fully saturated rings. The average molecular weight is 293 g/mol. The van der Waals surface area contributed by atoms with Crippen LogP contribution in [0.15, 0.2) is 59.8 Å². The van der Waals surface area contributed by atoms with Crippen molar-refractivity contribution in [2.24, 2.45) is 5.73 Å². The van der Waals surface area contributed by atoms with E-state index in [0.717, 1.165) is 28.9 Å². The molecule has 0 aliphatic carbocycles. The fourth-order valence-corrected chi connectivity index (χ4v) is 2.69. The van der Waals surface area contributed by atoms with Crippen LogP contribution in [0.1, 0.15) is 17.2 Å². The normalized spacial score (nSPS) is 17.1. The van der Waals surface area contributed by atoms with Gasteiger partial charge in [0.25, 0.3) is 0 Å². The Kier molecular flexibility index (Phi) is 3.94. The molecule has 4 N–H and O–H groups in total. The maximum atomic E-state index is 11.7. The van der Waals surface area contributed by atoms with E-state index < -0.39 is 0 Å². The van der Waals surface area contributed by atoms with E-state index in [1.54, 1.807) is 0 Å². The van der Waals surface area contributed by atoms with Crippen LogP contribution in [-0.4, -0.2) is 12.8 Å². The second-order valence-electron chi connectivity index (χ2n) is 5.41. The average Bonchev–Trinajstić information content (AvgIpc) is 2.71. The lowest BCUT2D eigenvalue weighted by Gasteiger charge is -2.20. The van der Waals surface area contributed by atoms with Gasteiger partial charge in [-0.15, -0.1) is 0 Å². The van der Waals surface area contributed by atoms with E-state index in [2.05, 4.69) is 10.6 Å². The smallest absolute Gasteiger partial charge is 0.150 e. The predicted molar refractivity (Wildman–Crippen MR) is 89.8 cm³/mol. The molecule has 1 aliphatic rings. The van der Waals surface area contributed by atoms with Gasteiger partial charge < -0.3 is 16.4 Å². The van der Waals surface area contributed by atoms with E-state index in [4.69, 9.17) is 5.73 Å². The lowest BCUT2D eigenvalue weighted by atomic mass is 9.97. The van der Waals surface area contributed by atoms with Crippen molar-refractivity contribution in [2.45, 2.75) is 13.0 Å². The summed E-state index contributed by atoms with van der Waals surface area (Å²) in [6, 6.07) is 15.8. The van der Waals surface area contributed by atoms with Gasteiger partial charge >= 0.3 is 0 Å². The Labute approximate surface area is 130 Å². The summed E-state index contributed by atoms with van der Waals surface area (Å²) in [6.07, 6.45) is 0.887. The first-order valence-electron chi connectivity index (χ1n) is 7.30. The molecular weight excluding hydrogens is 274 g/mol. The molecule has 112 valence electrons. The fraction of sp³-hybridized carbons (Fsp3) is 0.167. The maximum absolute atomic E-state index is 11.7. The van der Waals surface area contributed by atoms with Crippen LogP contribution in [0, 0.1) is 6.92 Å². The quantitative estimate of drug-likeness (QED) is 0.761. The topological polar surface area (TPSA) is 67.2 Å². The van der Waals surface area contributed by atoms with Crippen LogP contribution < -0.4 is 16.4 Å². The zero-order chi connectivity index (χ0) is 15.5. The number of carbonyl (C=O) groups is 1. The van der Waals surface area contributed by atoms with E-state index in [0.29, 0.717) is 5.57 Å². The summed E-state index contributed by atoms with van der Waals surface area (Å²) < 4.78 is 0. The molecule has 0 amide bonds. The van der Waals surface area contributed by atoms with Gasteiger partial charge in [0.05, 0.1) is 17.4 Å². The molecule has 0 radical (unpaired) electrons. The van der Waals surface area contributed by atoms with Crippen molar-refractivity contribution in [1.29, 1.82) is 0 Å². The molecule has 0 aromatic heterocycles. The van der Waals surface area contributed by atoms with Crippen LogP contribution in [0.25, 0.3) is 0 Å². The molecule has 0 saturated carbocycles. The Morgan fingerprint density at radius 1 is 1.09 bits per heavy atom. The second kappa shape index (κ2) is 6.03. The van der Waals surface area contributed by atoms with Crippen molar-refractivity contribution in [3.63, 3.8) is 0 Å². The first-order chi connectivity index (χ1) is 10.7. The summed E-state index contributed by atoms with van der Waals surface area (Å²) in [4.78, 5) is 11.7. The van der Waals surface area contributed by atoms with Crippen molar-refractivity contribution >= 4 is 17.7 Å². The number of rotatable bonds is 3. The Morgan fingerprint density at radius 2 is 1.77 bits per heavy atom.